The van der Waals surface area contributed by atoms with E-state index in [2.05, 4.69) is 11.0 Å². The Morgan fingerprint density at radius 1 is 1.00 bits per heavy atom. The lowest BCUT2D eigenvalue weighted by molar-refractivity contribution is -0.133. The van der Waals surface area contributed by atoms with E-state index in [0.29, 0.717) is 5.56 Å². The predicted molar refractivity (Wildman–Crippen MR) is 105 cm³/mol. The number of hydrogen-bond donors (Lipinski definition) is 0. The molecule has 2 aromatic carbocycles. The van der Waals surface area contributed by atoms with E-state index in [-0.39, 0.29) is 11.7 Å². The number of carbonyl (C=O) groups excluding carboxylic acids is 1. The molecule has 5 heteroatoms. The van der Waals surface area contributed by atoms with Gasteiger partial charge in [0.25, 0.3) is 0 Å². The van der Waals surface area contributed by atoms with Crippen LogP contribution < -0.4 is 0 Å². The van der Waals surface area contributed by atoms with Gasteiger partial charge in [0.15, 0.2) is 0 Å². The first-order chi connectivity index (χ1) is 13.6. The number of carbonyl (C=O) groups is 1. The highest BCUT2D eigenvalue weighted by Gasteiger charge is 2.52. The minimum absolute atomic E-state index is 0.194. The molecule has 0 N–H and O–H groups in total. The van der Waals surface area contributed by atoms with Crippen LogP contribution in [-0.2, 0) is 16.8 Å². The van der Waals surface area contributed by atoms with Gasteiger partial charge in [-0.1, -0.05) is 24.3 Å². The van der Waals surface area contributed by atoms with Gasteiger partial charge >= 0.3 is 0 Å². The summed E-state index contributed by atoms with van der Waals surface area (Å²) in [6, 6.07) is 16.3. The molecule has 2 aliphatic rings. The maximum Gasteiger partial charge on any atom is 0.233 e. The zero-order chi connectivity index (χ0) is 19.6. The van der Waals surface area contributed by atoms with E-state index in [1.807, 2.05) is 29.2 Å². The average molecular weight is 377 g/mol. The molecule has 2 aromatic rings. The smallest absolute Gasteiger partial charge is 0.233 e. The van der Waals surface area contributed by atoms with E-state index in [0.717, 1.165) is 57.5 Å². The van der Waals surface area contributed by atoms with Gasteiger partial charge in [-0.25, -0.2) is 4.39 Å². The number of nitriles is 1. The summed E-state index contributed by atoms with van der Waals surface area (Å²) in [6.07, 6.45) is 2.65. The third-order valence-electron chi connectivity index (χ3n) is 5.92. The molecule has 1 saturated carbocycles. The van der Waals surface area contributed by atoms with Crippen LogP contribution in [0.15, 0.2) is 48.5 Å². The van der Waals surface area contributed by atoms with E-state index >= 15 is 0 Å². The fourth-order valence-corrected chi connectivity index (χ4v) is 4.10. The molecule has 4 rings (SSSR count). The van der Waals surface area contributed by atoms with Crippen LogP contribution in [0.1, 0.15) is 36.0 Å². The lowest BCUT2D eigenvalue weighted by atomic mass is 9.94. The molecule has 0 bridgehead atoms. The Balaban J connectivity index is 1.39. The summed E-state index contributed by atoms with van der Waals surface area (Å²) < 4.78 is 13.3. The van der Waals surface area contributed by atoms with E-state index in [4.69, 9.17) is 5.26 Å². The Morgan fingerprint density at radius 2 is 1.71 bits per heavy atom. The van der Waals surface area contributed by atoms with Crippen molar-refractivity contribution in [2.45, 2.75) is 31.2 Å². The standard InChI is InChI=1S/C23H24FN3O/c24-21-8-6-20(7-9-21)23(10-11-23)22(28)27-13-1-12-26(14-15-27)17-19-4-2-18(16-25)3-5-19/h2-9H,1,10-15,17H2. The third-order valence-corrected chi connectivity index (χ3v) is 5.92. The number of amides is 1. The normalized spacial score (nSPS) is 18.9. The van der Waals surface area contributed by atoms with Crippen LogP contribution in [0.2, 0.25) is 0 Å². The number of halogens is 1. The molecule has 1 amide bonds. The number of rotatable bonds is 4. The van der Waals surface area contributed by atoms with E-state index in [9.17, 15) is 9.18 Å². The van der Waals surface area contributed by atoms with Crippen molar-refractivity contribution in [3.63, 3.8) is 0 Å². The summed E-state index contributed by atoms with van der Waals surface area (Å²) in [5.41, 5.74) is 2.36. The minimum Gasteiger partial charge on any atom is -0.341 e. The van der Waals surface area contributed by atoms with Crippen molar-refractivity contribution in [1.29, 1.82) is 5.26 Å². The van der Waals surface area contributed by atoms with Gasteiger partial charge in [0.1, 0.15) is 5.82 Å². The monoisotopic (exact) mass is 377 g/mol. The first-order valence-electron chi connectivity index (χ1n) is 9.87. The highest BCUT2D eigenvalue weighted by molar-refractivity contribution is 5.91. The van der Waals surface area contributed by atoms with Crippen LogP contribution >= 0.6 is 0 Å². The molecule has 4 nitrogen and oxygen atoms in total. The van der Waals surface area contributed by atoms with Crippen molar-refractivity contribution in [3.8, 4) is 6.07 Å². The molecule has 0 aromatic heterocycles. The highest BCUT2D eigenvalue weighted by atomic mass is 19.1. The lowest BCUT2D eigenvalue weighted by Crippen LogP contribution is -2.41. The molecule has 0 unspecified atom stereocenters. The molecular weight excluding hydrogens is 353 g/mol. The molecule has 1 heterocycles. The highest BCUT2D eigenvalue weighted by Crippen LogP contribution is 2.49. The van der Waals surface area contributed by atoms with Crippen LogP contribution in [0.5, 0.6) is 0 Å². The van der Waals surface area contributed by atoms with Gasteiger partial charge in [-0.2, -0.15) is 5.26 Å². The van der Waals surface area contributed by atoms with Gasteiger partial charge in [0.2, 0.25) is 5.91 Å². The summed E-state index contributed by atoms with van der Waals surface area (Å²) in [7, 11) is 0. The summed E-state index contributed by atoms with van der Waals surface area (Å²) >= 11 is 0. The zero-order valence-corrected chi connectivity index (χ0v) is 15.9. The van der Waals surface area contributed by atoms with Gasteiger partial charge in [0, 0.05) is 32.7 Å². The second kappa shape index (κ2) is 7.73. The van der Waals surface area contributed by atoms with Crippen LogP contribution in [0.25, 0.3) is 0 Å². The molecule has 2 fully saturated rings. The SMILES string of the molecule is N#Cc1ccc(CN2CCCN(C(=O)C3(c4ccc(F)cc4)CC3)CC2)cc1. The van der Waals surface area contributed by atoms with E-state index < -0.39 is 5.41 Å². The molecule has 1 aliphatic carbocycles. The van der Waals surface area contributed by atoms with Crippen molar-refractivity contribution in [2.24, 2.45) is 0 Å². The molecule has 1 aliphatic heterocycles. The maximum absolute atomic E-state index is 13.3. The zero-order valence-electron chi connectivity index (χ0n) is 15.9. The first kappa shape index (κ1) is 18.6. The molecule has 0 spiro atoms. The summed E-state index contributed by atoms with van der Waals surface area (Å²) in [5.74, 6) is -0.0699. The van der Waals surface area contributed by atoms with Gasteiger partial charge in [-0.3, -0.25) is 9.69 Å². The number of hydrogen-bond acceptors (Lipinski definition) is 3. The molecule has 0 atom stereocenters. The van der Waals surface area contributed by atoms with Crippen molar-refractivity contribution in [1.82, 2.24) is 9.80 Å². The molecule has 0 radical (unpaired) electrons. The van der Waals surface area contributed by atoms with Crippen molar-refractivity contribution in [2.75, 3.05) is 26.2 Å². The van der Waals surface area contributed by atoms with Crippen molar-refractivity contribution < 1.29 is 9.18 Å². The molecular formula is C23H24FN3O. The van der Waals surface area contributed by atoms with Crippen molar-refractivity contribution in [3.05, 3.63) is 71.0 Å². The maximum atomic E-state index is 13.3. The van der Waals surface area contributed by atoms with Gasteiger partial charge < -0.3 is 4.90 Å². The number of benzene rings is 2. The van der Waals surface area contributed by atoms with E-state index in [1.54, 1.807) is 12.1 Å². The Morgan fingerprint density at radius 3 is 2.36 bits per heavy atom. The molecule has 28 heavy (non-hydrogen) atoms. The molecule has 1 saturated heterocycles. The first-order valence-corrected chi connectivity index (χ1v) is 9.87. The second-order valence-corrected chi connectivity index (χ2v) is 7.82. The second-order valence-electron chi connectivity index (χ2n) is 7.82. The summed E-state index contributed by atoms with van der Waals surface area (Å²) in [4.78, 5) is 17.6. The van der Waals surface area contributed by atoms with Crippen LogP contribution in [-0.4, -0.2) is 41.9 Å². The fourth-order valence-electron chi connectivity index (χ4n) is 4.10. The largest absolute Gasteiger partial charge is 0.341 e. The third kappa shape index (κ3) is 3.79. The predicted octanol–water partition coefficient (Wildman–Crippen LogP) is 3.46. The fraction of sp³-hybridized carbons (Fsp3) is 0.391. The van der Waals surface area contributed by atoms with Crippen molar-refractivity contribution >= 4 is 5.91 Å². The lowest BCUT2D eigenvalue weighted by Gasteiger charge is -2.27. The number of nitrogens with zero attached hydrogens (tertiary/aromatic N) is 3. The van der Waals surface area contributed by atoms with Gasteiger partial charge in [0.05, 0.1) is 17.0 Å². The van der Waals surface area contributed by atoms with Gasteiger partial charge in [-0.15, -0.1) is 0 Å². The summed E-state index contributed by atoms with van der Waals surface area (Å²) in [6.45, 7) is 4.11. The van der Waals surface area contributed by atoms with Crippen LogP contribution in [0.4, 0.5) is 4.39 Å². The Kier molecular flexibility index (Phi) is 5.15. The minimum atomic E-state index is -0.435. The quantitative estimate of drug-likeness (QED) is 0.820. The Labute approximate surface area is 165 Å². The summed E-state index contributed by atoms with van der Waals surface area (Å²) in [5, 5.41) is 8.92. The Bertz CT molecular complexity index is 882. The topological polar surface area (TPSA) is 47.3 Å². The van der Waals surface area contributed by atoms with Crippen LogP contribution in [0.3, 0.4) is 0 Å². The van der Waals surface area contributed by atoms with E-state index in [1.165, 1.54) is 17.7 Å². The Hall–Kier alpha value is -2.71. The molecule has 144 valence electrons. The van der Waals surface area contributed by atoms with Gasteiger partial charge in [-0.05, 0) is 54.7 Å². The average Bonchev–Trinajstić information content (AvgIpc) is 3.54. The van der Waals surface area contributed by atoms with Crippen LogP contribution in [0, 0.1) is 17.1 Å².